The molecule has 1 aliphatic heterocycles. The quantitative estimate of drug-likeness (QED) is 0.670. The van der Waals surface area contributed by atoms with Gasteiger partial charge in [0.15, 0.2) is 5.58 Å². The van der Waals surface area contributed by atoms with Crippen LogP contribution in [0.3, 0.4) is 0 Å². The van der Waals surface area contributed by atoms with Crippen molar-refractivity contribution in [2.75, 3.05) is 0 Å². The number of benzene rings is 1. The minimum atomic E-state index is -0.474. The number of carbonyl (C=O) groups is 2. The molecule has 2 aliphatic rings. The van der Waals surface area contributed by atoms with E-state index in [2.05, 4.69) is 15.7 Å². The Kier molecular flexibility index (Phi) is 2.82. The Bertz CT molecular complexity index is 810. The van der Waals surface area contributed by atoms with E-state index < -0.39 is 5.92 Å². The number of aromatic nitrogens is 1. The van der Waals surface area contributed by atoms with Crippen molar-refractivity contribution in [1.29, 1.82) is 0 Å². The predicted octanol–water partition coefficient (Wildman–Crippen LogP) is 1.58. The minimum absolute atomic E-state index is 0.255. The third kappa shape index (κ3) is 1.85. The fourth-order valence-electron chi connectivity index (χ4n) is 3.38. The van der Waals surface area contributed by atoms with E-state index in [1.807, 2.05) is 12.1 Å². The number of hydrogen-bond donors (Lipinski definition) is 1. The Hall–Kier alpha value is -2.57. The van der Waals surface area contributed by atoms with E-state index in [9.17, 15) is 14.5 Å². The molecule has 2 atom stereocenters. The van der Waals surface area contributed by atoms with E-state index in [0.29, 0.717) is 37.0 Å². The van der Waals surface area contributed by atoms with Gasteiger partial charge in [0.2, 0.25) is 11.8 Å². The number of imide groups is 1. The maximum absolute atomic E-state index is 12.0. The van der Waals surface area contributed by atoms with Crippen LogP contribution in [-0.4, -0.2) is 23.0 Å². The summed E-state index contributed by atoms with van der Waals surface area (Å²) in [5.41, 5.74) is 3.19. The maximum atomic E-state index is 12.0. The van der Waals surface area contributed by atoms with E-state index in [1.165, 1.54) is 0 Å². The number of amides is 2. The molecule has 2 amide bonds. The molecule has 4 rings (SSSR count). The largest absolute Gasteiger partial charge is 0.356 e. The zero-order valence-corrected chi connectivity index (χ0v) is 11.7. The van der Waals surface area contributed by atoms with Gasteiger partial charge in [0.1, 0.15) is 11.7 Å². The second kappa shape index (κ2) is 4.72. The Morgan fingerprint density at radius 2 is 2.14 bits per heavy atom. The smallest absolute Gasteiger partial charge is 0.235 e. The minimum Gasteiger partial charge on any atom is -0.356 e. The lowest BCUT2D eigenvalue weighted by molar-refractivity contribution is -0.134. The highest BCUT2D eigenvalue weighted by molar-refractivity contribution is 6.02. The van der Waals surface area contributed by atoms with Crippen molar-refractivity contribution in [3.8, 4) is 0 Å². The van der Waals surface area contributed by atoms with Gasteiger partial charge in [-0.15, -0.1) is 0 Å². The maximum Gasteiger partial charge on any atom is 0.235 e. The van der Waals surface area contributed by atoms with Crippen molar-refractivity contribution >= 4 is 22.8 Å². The van der Waals surface area contributed by atoms with E-state index in [0.717, 1.165) is 16.5 Å². The first-order chi connectivity index (χ1) is 10.7. The molecule has 1 N–H and O–H groups in total. The third-order valence-electron chi connectivity index (χ3n) is 4.48. The van der Waals surface area contributed by atoms with Gasteiger partial charge in [0.05, 0.1) is 5.92 Å². The summed E-state index contributed by atoms with van der Waals surface area (Å²) in [6, 6.07) is 3.55. The van der Waals surface area contributed by atoms with E-state index in [4.69, 9.17) is 4.52 Å². The van der Waals surface area contributed by atoms with Crippen LogP contribution in [-0.2, 0) is 22.4 Å². The van der Waals surface area contributed by atoms with Crippen LogP contribution in [0.25, 0.3) is 11.0 Å². The molecule has 1 aromatic heterocycles. The average Bonchev–Trinajstić information content (AvgIpc) is 3.09. The summed E-state index contributed by atoms with van der Waals surface area (Å²) in [4.78, 5) is 34.0. The van der Waals surface area contributed by atoms with Crippen molar-refractivity contribution in [3.63, 3.8) is 0 Å². The van der Waals surface area contributed by atoms with Crippen LogP contribution >= 0.6 is 0 Å². The highest BCUT2D eigenvalue weighted by atomic mass is 16.5. The molecule has 2 aromatic rings. The second-order valence-electron chi connectivity index (χ2n) is 5.82. The van der Waals surface area contributed by atoms with Gasteiger partial charge in [0, 0.05) is 23.8 Å². The number of nitrogens with one attached hydrogen (secondary N) is 1. The molecule has 7 heteroatoms. The number of rotatable bonds is 2. The third-order valence-corrected chi connectivity index (χ3v) is 4.48. The summed E-state index contributed by atoms with van der Waals surface area (Å²) in [7, 11) is 0. The van der Waals surface area contributed by atoms with Gasteiger partial charge >= 0.3 is 0 Å². The summed E-state index contributed by atoms with van der Waals surface area (Å²) < 4.78 is 5.45. The molecule has 7 nitrogen and oxygen atoms in total. The Morgan fingerprint density at radius 1 is 1.27 bits per heavy atom. The average molecular weight is 299 g/mol. The number of nitrogens with zero attached hydrogens (tertiary/aromatic N) is 2. The first-order valence-corrected chi connectivity index (χ1v) is 7.23. The monoisotopic (exact) mass is 299 g/mol. The molecular weight excluding hydrogens is 286 g/mol. The molecule has 2 heterocycles. The lowest BCUT2D eigenvalue weighted by Crippen LogP contribution is -2.39. The van der Waals surface area contributed by atoms with Crippen molar-refractivity contribution in [3.05, 3.63) is 33.9 Å². The number of fused-ring (bicyclic) bond motifs is 3. The highest BCUT2D eigenvalue weighted by Gasteiger charge is 2.33. The number of carbonyl (C=O) groups excluding carboxylic acids is 2. The number of nitroso groups, excluding NO2 is 1. The molecule has 1 aliphatic carbocycles. The number of hydrogen-bond acceptors (Lipinski definition) is 6. The van der Waals surface area contributed by atoms with Gasteiger partial charge in [-0.1, -0.05) is 16.4 Å². The fraction of sp³-hybridized carbons (Fsp3) is 0.400. The fourth-order valence-corrected chi connectivity index (χ4v) is 3.38. The SMILES string of the molecule is O=NC1Cc2ccc3c(C4CCC(=O)NC4=O)noc3c2C1. The van der Waals surface area contributed by atoms with Crippen molar-refractivity contribution in [2.45, 2.75) is 37.6 Å². The topological polar surface area (TPSA) is 102 Å². The summed E-state index contributed by atoms with van der Waals surface area (Å²) in [5.74, 6) is -1.06. The van der Waals surface area contributed by atoms with Gasteiger partial charge in [-0.2, -0.15) is 4.91 Å². The molecule has 112 valence electrons. The van der Waals surface area contributed by atoms with Crippen LogP contribution in [0.5, 0.6) is 0 Å². The van der Waals surface area contributed by atoms with Crippen LogP contribution < -0.4 is 5.32 Å². The molecule has 1 fully saturated rings. The Balaban J connectivity index is 1.77. The summed E-state index contributed by atoms with van der Waals surface area (Å²) in [5, 5.41) is 10.3. The van der Waals surface area contributed by atoms with Gasteiger partial charge in [-0.05, 0) is 24.5 Å². The first kappa shape index (κ1) is 13.1. The zero-order chi connectivity index (χ0) is 15.3. The van der Waals surface area contributed by atoms with Gasteiger partial charge in [0.25, 0.3) is 0 Å². The summed E-state index contributed by atoms with van der Waals surface area (Å²) >= 11 is 0. The van der Waals surface area contributed by atoms with E-state index >= 15 is 0 Å². The zero-order valence-electron chi connectivity index (χ0n) is 11.7. The molecular formula is C15H13N3O4. The van der Waals surface area contributed by atoms with E-state index in [-0.39, 0.29) is 17.9 Å². The van der Waals surface area contributed by atoms with Crippen molar-refractivity contribution < 1.29 is 14.1 Å². The summed E-state index contributed by atoms with van der Waals surface area (Å²) in [6.07, 6.45) is 1.89. The Labute approximate surface area is 125 Å². The van der Waals surface area contributed by atoms with Crippen molar-refractivity contribution in [2.24, 2.45) is 5.18 Å². The van der Waals surface area contributed by atoms with Gasteiger partial charge < -0.3 is 4.52 Å². The van der Waals surface area contributed by atoms with Crippen LogP contribution in [0, 0.1) is 4.91 Å². The predicted molar refractivity (Wildman–Crippen MR) is 76.1 cm³/mol. The standard InChI is InChI=1S/C15H13N3O4/c19-12-4-3-10(15(20)16-12)13-9-2-1-7-5-8(17-21)6-11(7)14(9)22-18-13/h1-2,8,10H,3-6H2,(H,16,19,20). The van der Waals surface area contributed by atoms with Crippen LogP contribution in [0.15, 0.2) is 21.8 Å². The van der Waals surface area contributed by atoms with E-state index in [1.54, 1.807) is 0 Å². The molecule has 0 radical (unpaired) electrons. The first-order valence-electron chi connectivity index (χ1n) is 7.23. The highest BCUT2D eigenvalue weighted by Crippen LogP contribution is 2.36. The van der Waals surface area contributed by atoms with Crippen LogP contribution in [0.4, 0.5) is 0 Å². The molecule has 0 spiro atoms. The molecule has 0 bridgehead atoms. The second-order valence-corrected chi connectivity index (χ2v) is 5.82. The normalized spacial score (nSPS) is 24.4. The van der Waals surface area contributed by atoms with Gasteiger partial charge in [-0.25, -0.2) is 0 Å². The van der Waals surface area contributed by atoms with Gasteiger partial charge in [-0.3, -0.25) is 14.9 Å². The molecule has 2 unspecified atom stereocenters. The van der Waals surface area contributed by atoms with Crippen molar-refractivity contribution in [1.82, 2.24) is 10.5 Å². The summed E-state index contributed by atoms with van der Waals surface area (Å²) in [6.45, 7) is 0. The molecule has 1 aromatic carbocycles. The Morgan fingerprint density at radius 3 is 2.91 bits per heavy atom. The molecule has 1 saturated heterocycles. The molecule has 0 saturated carbocycles. The lowest BCUT2D eigenvalue weighted by atomic mass is 9.92. The molecule has 22 heavy (non-hydrogen) atoms. The number of piperidine rings is 1. The lowest BCUT2D eigenvalue weighted by Gasteiger charge is -2.18. The van der Waals surface area contributed by atoms with Crippen LogP contribution in [0.2, 0.25) is 0 Å². The van der Waals surface area contributed by atoms with Crippen LogP contribution in [0.1, 0.15) is 35.6 Å².